The molecule has 0 radical (unpaired) electrons. The second-order valence-corrected chi connectivity index (χ2v) is 11.0. The zero-order valence-electron chi connectivity index (χ0n) is 18.9. The van der Waals surface area contributed by atoms with Crippen molar-refractivity contribution in [3.63, 3.8) is 0 Å². The number of thioether (sulfide) groups is 1. The topological polar surface area (TPSA) is 75.7 Å². The van der Waals surface area contributed by atoms with Crippen molar-refractivity contribution in [2.45, 2.75) is 13.5 Å². The molecule has 1 fully saturated rings. The van der Waals surface area contributed by atoms with Crippen molar-refractivity contribution in [1.29, 1.82) is 0 Å². The molecule has 1 N–H and O–H groups in total. The van der Waals surface area contributed by atoms with Crippen LogP contribution in [0.1, 0.15) is 16.7 Å². The van der Waals surface area contributed by atoms with Crippen LogP contribution < -0.4 is 10.1 Å². The van der Waals surface area contributed by atoms with Crippen LogP contribution >= 0.6 is 55.2 Å². The summed E-state index contributed by atoms with van der Waals surface area (Å²) in [7, 11) is 0. The highest BCUT2D eigenvalue weighted by molar-refractivity contribution is 9.11. The van der Waals surface area contributed by atoms with Crippen molar-refractivity contribution in [1.82, 2.24) is 4.90 Å². The maximum absolute atomic E-state index is 12.9. The van der Waals surface area contributed by atoms with Gasteiger partial charge in [-0.2, -0.15) is 0 Å². The summed E-state index contributed by atoms with van der Waals surface area (Å²) in [5, 5.41) is 2.94. The van der Waals surface area contributed by atoms with E-state index in [2.05, 4.69) is 37.2 Å². The van der Waals surface area contributed by atoms with Crippen LogP contribution in [0.4, 0.5) is 10.5 Å². The summed E-state index contributed by atoms with van der Waals surface area (Å²) in [6, 6.07) is 18.1. The van der Waals surface area contributed by atoms with Gasteiger partial charge in [-0.1, -0.05) is 41.9 Å². The SMILES string of the molecule is Cc1cccc(NC(=O)COc2c(Br)cc(/C=C3\SC(=O)N(Cc4ccccc4Cl)C3=O)cc2Br)c1. The number of aryl methyl sites for hydroxylation is 1. The number of nitrogens with zero attached hydrogens (tertiary/aromatic N) is 1. The van der Waals surface area contributed by atoms with E-state index >= 15 is 0 Å². The van der Waals surface area contributed by atoms with Gasteiger partial charge in [-0.25, -0.2) is 0 Å². The summed E-state index contributed by atoms with van der Waals surface area (Å²) in [5.74, 6) is -0.237. The van der Waals surface area contributed by atoms with Crippen molar-refractivity contribution < 1.29 is 19.1 Å². The quantitative estimate of drug-likeness (QED) is 0.269. The van der Waals surface area contributed by atoms with Crippen LogP contribution in [0.5, 0.6) is 5.75 Å². The van der Waals surface area contributed by atoms with Gasteiger partial charge < -0.3 is 10.1 Å². The number of benzene rings is 3. The van der Waals surface area contributed by atoms with Gasteiger partial charge in [0, 0.05) is 10.7 Å². The fourth-order valence-corrected chi connectivity index (χ4v) is 5.93. The van der Waals surface area contributed by atoms with Crippen LogP contribution in [0, 0.1) is 6.92 Å². The first-order valence-corrected chi connectivity index (χ1v) is 13.5. The lowest BCUT2D eigenvalue weighted by atomic mass is 10.2. The smallest absolute Gasteiger partial charge is 0.293 e. The number of ether oxygens (including phenoxy) is 1. The minimum absolute atomic E-state index is 0.104. The minimum Gasteiger partial charge on any atom is -0.481 e. The molecule has 0 atom stereocenters. The van der Waals surface area contributed by atoms with Crippen molar-refractivity contribution in [2.24, 2.45) is 0 Å². The lowest BCUT2D eigenvalue weighted by Crippen LogP contribution is -2.27. The fourth-order valence-electron chi connectivity index (χ4n) is 3.44. The summed E-state index contributed by atoms with van der Waals surface area (Å²) in [5.41, 5.74) is 3.10. The standard InChI is InChI=1S/C26H19Br2ClN2O4S/c1-15-5-4-7-18(9-15)30-23(32)14-35-24-19(27)10-16(11-20(24)28)12-22-25(33)31(26(34)36-22)13-17-6-2-3-8-21(17)29/h2-12H,13-14H2,1H3,(H,30,32)/b22-12-. The Morgan fingerprint density at radius 1 is 1.08 bits per heavy atom. The molecule has 0 spiro atoms. The summed E-state index contributed by atoms with van der Waals surface area (Å²) >= 11 is 14.0. The Balaban J connectivity index is 1.44. The first kappa shape index (κ1) is 26.5. The number of imide groups is 1. The van der Waals surface area contributed by atoms with Crippen LogP contribution in [0.15, 0.2) is 74.5 Å². The molecule has 3 aromatic rings. The molecule has 3 aromatic carbocycles. The Morgan fingerprint density at radius 2 is 1.81 bits per heavy atom. The van der Waals surface area contributed by atoms with Gasteiger partial charge in [-0.15, -0.1) is 0 Å². The maximum Gasteiger partial charge on any atom is 0.293 e. The Bertz CT molecular complexity index is 1370. The van der Waals surface area contributed by atoms with Crippen molar-refractivity contribution in [3.8, 4) is 5.75 Å². The molecule has 1 saturated heterocycles. The largest absolute Gasteiger partial charge is 0.481 e. The molecule has 1 heterocycles. The normalized spacial score (nSPS) is 14.4. The second-order valence-electron chi connectivity index (χ2n) is 7.88. The lowest BCUT2D eigenvalue weighted by Gasteiger charge is -2.13. The second kappa shape index (κ2) is 11.6. The molecule has 0 saturated carbocycles. The van der Waals surface area contributed by atoms with Crippen LogP contribution in [-0.4, -0.2) is 28.6 Å². The van der Waals surface area contributed by atoms with Gasteiger partial charge >= 0.3 is 0 Å². The Labute approximate surface area is 234 Å². The third kappa shape index (κ3) is 6.39. The first-order valence-electron chi connectivity index (χ1n) is 10.7. The molecular weight excluding hydrogens is 632 g/mol. The Morgan fingerprint density at radius 3 is 2.50 bits per heavy atom. The lowest BCUT2D eigenvalue weighted by molar-refractivity contribution is -0.123. The van der Waals surface area contributed by atoms with E-state index in [0.717, 1.165) is 17.3 Å². The third-order valence-electron chi connectivity index (χ3n) is 5.13. The highest BCUT2D eigenvalue weighted by Gasteiger charge is 2.35. The molecule has 3 amide bonds. The van der Waals surface area contributed by atoms with Crippen molar-refractivity contribution in [3.05, 3.63) is 96.2 Å². The maximum atomic E-state index is 12.9. The van der Waals surface area contributed by atoms with Gasteiger partial charge in [-0.05, 0) is 104 Å². The molecule has 0 unspecified atom stereocenters. The molecular formula is C26H19Br2ClN2O4S. The molecule has 1 aliphatic heterocycles. The van der Waals surface area contributed by atoms with Gasteiger partial charge in [0.15, 0.2) is 6.61 Å². The van der Waals surface area contributed by atoms with Crippen molar-refractivity contribution >= 4 is 84.0 Å². The number of amides is 3. The van der Waals surface area contributed by atoms with Crippen LogP contribution in [0.25, 0.3) is 6.08 Å². The Hall–Kier alpha value is -2.59. The molecule has 36 heavy (non-hydrogen) atoms. The highest BCUT2D eigenvalue weighted by Crippen LogP contribution is 2.38. The molecule has 10 heteroatoms. The molecule has 0 aromatic heterocycles. The number of rotatable bonds is 7. The van der Waals surface area contributed by atoms with E-state index in [-0.39, 0.29) is 30.2 Å². The molecule has 6 nitrogen and oxygen atoms in total. The fraction of sp³-hybridized carbons (Fsp3) is 0.115. The van der Waals surface area contributed by atoms with E-state index in [1.54, 1.807) is 42.5 Å². The molecule has 4 rings (SSSR count). The van der Waals surface area contributed by atoms with E-state index in [1.165, 1.54) is 4.90 Å². The number of nitrogens with one attached hydrogen (secondary N) is 1. The monoisotopic (exact) mass is 648 g/mol. The number of anilines is 1. The average molecular weight is 651 g/mol. The summed E-state index contributed by atoms with van der Waals surface area (Å²) < 4.78 is 6.89. The number of carbonyl (C=O) groups excluding carboxylic acids is 3. The zero-order valence-corrected chi connectivity index (χ0v) is 23.6. The van der Waals surface area contributed by atoms with Gasteiger partial charge in [0.05, 0.1) is 20.4 Å². The van der Waals surface area contributed by atoms with Crippen LogP contribution in [-0.2, 0) is 16.1 Å². The summed E-state index contributed by atoms with van der Waals surface area (Å²) in [4.78, 5) is 39.2. The van der Waals surface area contributed by atoms with Gasteiger partial charge in [-0.3, -0.25) is 19.3 Å². The van der Waals surface area contributed by atoms with E-state index in [4.69, 9.17) is 16.3 Å². The van der Waals surface area contributed by atoms with Crippen molar-refractivity contribution in [2.75, 3.05) is 11.9 Å². The van der Waals surface area contributed by atoms with E-state index < -0.39 is 0 Å². The number of halogens is 3. The average Bonchev–Trinajstić information content (AvgIpc) is 3.07. The number of hydrogen-bond acceptors (Lipinski definition) is 5. The first-order chi connectivity index (χ1) is 17.2. The van der Waals surface area contributed by atoms with E-state index in [1.807, 2.05) is 31.2 Å². The molecule has 184 valence electrons. The number of carbonyl (C=O) groups is 3. The Kier molecular flexibility index (Phi) is 8.56. The van der Waals surface area contributed by atoms with Gasteiger partial charge in [0.1, 0.15) is 5.75 Å². The number of hydrogen-bond donors (Lipinski definition) is 1. The molecule has 0 bridgehead atoms. The highest BCUT2D eigenvalue weighted by atomic mass is 79.9. The predicted molar refractivity (Wildman–Crippen MR) is 150 cm³/mol. The third-order valence-corrected chi connectivity index (χ3v) is 7.58. The van der Waals surface area contributed by atoms with E-state index in [0.29, 0.717) is 41.4 Å². The van der Waals surface area contributed by atoms with Gasteiger partial charge in [0.2, 0.25) is 0 Å². The molecule has 0 aliphatic carbocycles. The van der Waals surface area contributed by atoms with E-state index in [9.17, 15) is 14.4 Å². The summed E-state index contributed by atoms with van der Waals surface area (Å²) in [6.45, 7) is 1.86. The zero-order chi connectivity index (χ0) is 25.8. The molecule has 1 aliphatic rings. The minimum atomic E-state index is -0.384. The van der Waals surface area contributed by atoms with Crippen LogP contribution in [0.2, 0.25) is 5.02 Å². The predicted octanol–water partition coefficient (Wildman–Crippen LogP) is 7.43. The van der Waals surface area contributed by atoms with Gasteiger partial charge in [0.25, 0.3) is 17.1 Å². The van der Waals surface area contributed by atoms with Crippen LogP contribution in [0.3, 0.4) is 0 Å². The summed E-state index contributed by atoms with van der Waals surface area (Å²) in [6.07, 6.45) is 1.64.